The number of carbonyl (C=O) groups excluding carboxylic acids is 2. The molecule has 0 unspecified atom stereocenters. The lowest BCUT2D eigenvalue weighted by molar-refractivity contribution is -0.137. The van der Waals surface area contributed by atoms with E-state index in [1.54, 1.807) is 18.9 Å². The van der Waals surface area contributed by atoms with Crippen molar-refractivity contribution in [2.75, 3.05) is 33.1 Å². The first kappa shape index (κ1) is 19.5. The van der Waals surface area contributed by atoms with Crippen LogP contribution in [0.15, 0.2) is 36.4 Å². The number of likely N-dealkylation sites (tertiary alicyclic amines) is 1. The average Bonchev–Trinajstić information content (AvgIpc) is 3.19. The number of aryl methyl sites for hydroxylation is 1. The maximum Gasteiger partial charge on any atom is 0.315 e. The van der Waals surface area contributed by atoms with E-state index in [0.717, 1.165) is 35.1 Å². The van der Waals surface area contributed by atoms with Crippen LogP contribution in [0.4, 0.5) is 0 Å². The lowest BCUT2D eigenvalue weighted by Crippen LogP contribution is -2.29. The minimum absolute atomic E-state index is 0.158. The van der Waals surface area contributed by atoms with Gasteiger partial charge in [-0.15, -0.1) is 11.8 Å². The van der Waals surface area contributed by atoms with Gasteiger partial charge in [-0.1, -0.05) is 30.3 Å². The first-order valence-electron chi connectivity index (χ1n) is 9.13. The Bertz CT molecular complexity index is 823. The van der Waals surface area contributed by atoms with Crippen LogP contribution in [0, 0.1) is 0 Å². The number of benzene rings is 2. The number of esters is 1. The van der Waals surface area contributed by atoms with E-state index in [4.69, 9.17) is 4.74 Å². The van der Waals surface area contributed by atoms with Crippen LogP contribution in [0.25, 0.3) is 10.8 Å². The molecule has 3 rings (SSSR count). The maximum absolute atomic E-state index is 12.7. The lowest BCUT2D eigenvalue weighted by atomic mass is 9.99. The van der Waals surface area contributed by atoms with Crippen LogP contribution in [0.3, 0.4) is 0 Å². The number of ether oxygens (including phenoxy) is 2. The molecule has 0 saturated carbocycles. The van der Waals surface area contributed by atoms with Gasteiger partial charge in [0.25, 0.3) is 0 Å². The Morgan fingerprint density at radius 3 is 2.78 bits per heavy atom. The topological polar surface area (TPSA) is 55.8 Å². The Hall–Kier alpha value is -2.21. The molecule has 1 heterocycles. The van der Waals surface area contributed by atoms with Gasteiger partial charge in [0.15, 0.2) is 0 Å². The quantitative estimate of drug-likeness (QED) is 0.683. The Morgan fingerprint density at radius 1 is 1.19 bits per heavy atom. The summed E-state index contributed by atoms with van der Waals surface area (Å²) < 4.78 is 10.2. The molecule has 1 saturated heterocycles. The zero-order chi connectivity index (χ0) is 19.2. The van der Waals surface area contributed by atoms with Crippen LogP contribution in [0.1, 0.15) is 18.4 Å². The highest BCUT2D eigenvalue weighted by Gasteiger charge is 2.27. The largest absolute Gasteiger partial charge is 0.496 e. The van der Waals surface area contributed by atoms with E-state index in [-0.39, 0.29) is 11.9 Å². The molecule has 0 radical (unpaired) electrons. The zero-order valence-electron chi connectivity index (χ0n) is 15.8. The standard InChI is InChI=1S/C21H25NO4S/c1-25-19-9-7-15-5-3-4-6-17(15)18(19)8-10-20(23)22-12-11-16(13-22)27-14-21(24)26-2/h3-7,9,16H,8,10-14H2,1-2H3/t16-/m1/s1. The normalized spacial score (nSPS) is 16.5. The van der Waals surface area contributed by atoms with E-state index in [0.29, 0.717) is 30.4 Å². The second-order valence-electron chi connectivity index (χ2n) is 6.61. The third-order valence-electron chi connectivity index (χ3n) is 4.97. The molecule has 1 fully saturated rings. The molecule has 1 aliphatic heterocycles. The summed E-state index contributed by atoms with van der Waals surface area (Å²) in [5, 5.41) is 2.60. The van der Waals surface area contributed by atoms with E-state index in [2.05, 4.69) is 16.9 Å². The molecular weight excluding hydrogens is 362 g/mol. The molecule has 2 aromatic carbocycles. The summed E-state index contributed by atoms with van der Waals surface area (Å²) in [7, 11) is 3.06. The highest BCUT2D eigenvalue weighted by molar-refractivity contribution is 8.00. The van der Waals surface area contributed by atoms with Gasteiger partial charge in [0.2, 0.25) is 5.91 Å². The van der Waals surface area contributed by atoms with Gasteiger partial charge in [-0.25, -0.2) is 0 Å². The van der Waals surface area contributed by atoms with Gasteiger partial charge in [0.1, 0.15) is 5.75 Å². The Morgan fingerprint density at radius 2 is 2.00 bits per heavy atom. The summed E-state index contributed by atoms with van der Waals surface area (Å²) in [4.78, 5) is 25.9. The minimum Gasteiger partial charge on any atom is -0.496 e. The second-order valence-corrected chi connectivity index (χ2v) is 7.89. The molecule has 5 nitrogen and oxygen atoms in total. The first-order chi connectivity index (χ1) is 13.1. The monoisotopic (exact) mass is 387 g/mol. The van der Waals surface area contributed by atoms with Gasteiger partial charge in [0, 0.05) is 30.3 Å². The Kier molecular flexibility index (Phi) is 6.61. The fourth-order valence-electron chi connectivity index (χ4n) is 3.49. The number of amides is 1. The summed E-state index contributed by atoms with van der Waals surface area (Å²) in [6.45, 7) is 1.46. The van der Waals surface area contributed by atoms with Crippen molar-refractivity contribution in [2.24, 2.45) is 0 Å². The van der Waals surface area contributed by atoms with Gasteiger partial charge < -0.3 is 14.4 Å². The highest BCUT2D eigenvalue weighted by Crippen LogP contribution is 2.30. The van der Waals surface area contributed by atoms with Crippen molar-refractivity contribution < 1.29 is 19.1 Å². The molecule has 27 heavy (non-hydrogen) atoms. The minimum atomic E-state index is -0.215. The predicted octanol–water partition coefficient (Wildman–Crippen LogP) is 3.29. The van der Waals surface area contributed by atoms with Crippen molar-refractivity contribution in [3.63, 3.8) is 0 Å². The first-order valence-corrected chi connectivity index (χ1v) is 10.2. The van der Waals surface area contributed by atoms with Crippen molar-refractivity contribution in [1.29, 1.82) is 0 Å². The molecule has 1 atom stereocenters. The van der Waals surface area contributed by atoms with Crippen molar-refractivity contribution in [3.8, 4) is 5.75 Å². The summed E-state index contributed by atoms with van der Waals surface area (Å²) in [6, 6.07) is 12.2. The van der Waals surface area contributed by atoms with E-state index < -0.39 is 0 Å². The molecule has 0 aromatic heterocycles. The smallest absolute Gasteiger partial charge is 0.315 e. The number of carbonyl (C=O) groups is 2. The fraction of sp³-hybridized carbons (Fsp3) is 0.429. The average molecular weight is 388 g/mol. The number of rotatable bonds is 7. The maximum atomic E-state index is 12.7. The van der Waals surface area contributed by atoms with Crippen LogP contribution >= 0.6 is 11.8 Å². The van der Waals surface area contributed by atoms with E-state index >= 15 is 0 Å². The van der Waals surface area contributed by atoms with Crippen LogP contribution in [-0.2, 0) is 20.7 Å². The highest BCUT2D eigenvalue weighted by atomic mass is 32.2. The van der Waals surface area contributed by atoms with Crippen molar-refractivity contribution in [2.45, 2.75) is 24.5 Å². The SMILES string of the molecule is COC(=O)CS[C@@H]1CCN(C(=O)CCc2c(OC)ccc3ccccc23)C1. The summed E-state index contributed by atoms with van der Waals surface area (Å²) in [6.07, 6.45) is 2.03. The van der Waals surface area contributed by atoms with Gasteiger partial charge in [-0.3, -0.25) is 9.59 Å². The summed E-state index contributed by atoms with van der Waals surface area (Å²) >= 11 is 1.57. The number of methoxy groups -OCH3 is 2. The van der Waals surface area contributed by atoms with Crippen LogP contribution in [0.5, 0.6) is 5.75 Å². The van der Waals surface area contributed by atoms with Gasteiger partial charge in [0.05, 0.1) is 20.0 Å². The van der Waals surface area contributed by atoms with Gasteiger partial charge in [-0.2, -0.15) is 0 Å². The molecule has 0 aliphatic carbocycles. The van der Waals surface area contributed by atoms with E-state index in [1.165, 1.54) is 7.11 Å². The van der Waals surface area contributed by atoms with Crippen LogP contribution in [-0.4, -0.2) is 55.1 Å². The number of hydrogen-bond donors (Lipinski definition) is 0. The number of hydrogen-bond acceptors (Lipinski definition) is 5. The second kappa shape index (κ2) is 9.13. The number of fused-ring (bicyclic) bond motifs is 1. The molecule has 1 amide bonds. The molecule has 0 N–H and O–H groups in total. The predicted molar refractivity (Wildman–Crippen MR) is 108 cm³/mol. The third-order valence-corrected chi connectivity index (χ3v) is 6.23. The Balaban J connectivity index is 1.60. The Labute approximate surface area is 164 Å². The van der Waals surface area contributed by atoms with Gasteiger partial charge >= 0.3 is 5.97 Å². The van der Waals surface area contributed by atoms with Crippen molar-refractivity contribution in [3.05, 3.63) is 42.0 Å². The van der Waals surface area contributed by atoms with Crippen molar-refractivity contribution >= 4 is 34.4 Å². The molecule has 0 bridgehead atoms. The molecular formula is C21H25NO4S. The molecule has 0 spiro atoms. The van der Waals surface area contributed by atoms with E-state index in [9.17, 15) is 9.59 Å². The lowest BCUT2D eigenvalue weighted by Gasteiger charge is -2.17. The fourth-order valence-corrected chi connectivity index (χ4v) is 4.54. The summed E-state index contributed by atoms with van der Waals surface area (Å²) in [5.74, 6) is 1.12. The molecule has 6 heteroatoms. The zero-order valence-corrected chi connectivity index (χ0v) is 16.6. The van der Waals surface area contributed by atoms with E-state index in [1.807, 2.05) is 29.2 Å². The molecule has 144 valence electrons. The van der Waals surface area contributed by atoms with Crippen LogP contribution < -0.4 is 4.74 Å². The molecule has 1 aliphatic rings. The summed E-state index contributed by atoms with van der Waals surface area (Å²) in [5.41, 5.74) is 1.08. The molecule has 2 aromatic rings. The van der Waals surface area contributed by atoms with Crippen molar-refractivity contribution in [1.82, 2.24) is 4.90 Å². The number of nitrogens with zero attached hydrogens (tertiary/aromatic N) is 1. The van der Waals surface area contributed by atoms with Crippen LogP contribution in [0.2, 0.25) is 0 Å². The number of thioether (sulfide) groups is 1. The third kappa shape index (κ3) is 4.75. The van der Waals surface area contributed by atoms with Gasteiger partial charge in [-0.05, 0) is 29.7 Å².